The lowest BCUT2D eigenvalue weighted by Crippen LogP contribution is -2.12. The lowest BCUT2D eigenvalue weighted by molar-refractivity contribution is 0.340. The van der Waals surface area contributed by atoms with Gasteiger partial charge in [-0.1, -0.05) is 12.1 Å². The SMILES string of the molecule is CCOc1ccc(CNCc2ccncc2)cc1.Cl.Cl. The summed E-state index contributed by atoms with van der Waals surface area (Å²) in [5.41, 5.74) is 2.50. The highest BCUT2D eigenvalue weighted by Crippen LogP contribution is 2.11. The Labute approximate surface area is 132 Å². The van der Waals surface area contributed by atoms with E-state index in [9.17, 15) is 0 Å². The predicted molar refractivity (Wildman–Crippen MR) is 86.9 cm³/mol. The third kappa shape index (κ3) is 6.24. The van der Waals surface area contributed by atoms with Gasteiger partial charge in [0.15, 0.2) is 0 Å². The van der Waals surface area contributed by atoms with Gasteiger partial charge in [-0.05, 0) is 42.3 Å². The van der Waals surface area contributed by atoms with Gasteiger partial charge in [0.25, 0.3) is 0 Å². The highest BCUT2D eigenvalue weighted by atomic mass is 35.5. The number of hydrogen-bond acceptors (Lipinski definition) is 3. The fraction of sp³-hybridized carbons (Fsp3) is 0.267. The van der Waals surface area contributed by atoms with Crippen LogP contribution in [-0.2, 0) is 13.1 Å². The van der Waals surface area contributed by atoms with Crippen molar-refractivity contribution in [1.29, 1.82) is 0 Å². The Hall–Kier alpha value is -1.29. The second-order valence-electron chi connectivity index (χ2n) is 4.04. The third-order valence-corrected chi connectivity index (χ3v) is 2.64. The normalized spacial score (nSPS) is 9.25. The van der Waals surface area contributed by atoms with Crippen molar-refractivity contribution in [3.05, 3.63) is 59.9 Å². The summed E-state index contributed by atoms with van der Waals surface area (Å²) >= 11 is 0. The van der Waals surface area contributed by atoms with E-state index >= 15 is 0 Å². The predicted octanol–water partition coefficient (Wildman–Crippen LogP) is 3.61. The largest absolute Gasteiger partial charge is 0.494 e. The molecule has 0 aliphatic heterocycles. The lowest BCUT2D eigenvalue weighted by Gasteiger charge is -2.06. The molecule has 0 spiro atoms. The maximum atomic E-state index is 5.41. The van der Waals surface area contributed by atoms with E-state index < -0.39 is 0 Å². The summed E-state index contributed by atoms with van der Waals surface area (Å²) < 4.78 is 5.41. The molecule has 5 heteroatoms. The molecule has 1 heterocycles. The van der Waals surface area contributed by atoms with Crippen molar-refractivity contribution in [2.24, 2.45) is 0 Å². The number of benzene rings is 1. The second-order valence-corrected chi connectivity index (χ2v) is 4.04. The van der Waals surface area contributed by atoms with E-state index in [0.717, 1.165) is 18.8 Å². The maximum Gasteiger partial charge on any atom is 0.119 e. The van der Waals surface area contributed by atoms with E-state index in [1.165, 1.54) is 11.1 Å². The molecule has 0 radical (unpaired) electrons. The molecule has 0 saturated carbocycles. The zero-order valence-corrected chi connectivity index (χ0v) is 13.0. The van der Waals surface area contributed by atoms with Gasteiger partial charge in [0.2, 0.25) is 0 Å². The number of halogens is 2. The Morgan fingerprint density at radius 1 is 0.900 bits per heavy atom. The first kappa shape index (κ1) is 18.7. The molecule has 2 aromatic rings. The van der Waals surface area contributed by atoms with E-state index in [2.05, 4.69) is 22.4 Å². The van der Waals surface area contributed by atoms with Crippen molar-refractivity contribution >= 4 is 24.8 Å². The van der Waals surface area contributed by atoms with Gasteiger partial charge < -0.3 is 10.1 Å². The highest BCUT2D eigenvalue weighted by Gasteiger charge is 1.95. The number of aromatic nitrogens is 1. The molecule has 0 bridgehead atoms. The maximum absolute atomic E-state index is 5.41. The van der Waals surface area contributed by atoms with Gasteiger partial charge >= 0.3 is 0 Å². The molecule has 0 unspecified atom stereocenters. The molecule has 110 valence electrons. The summed E-state index contributed by atoms with van der Waals surface area (Å²) in [7, 11) is 0. The highest BCUT2D eigenvalue weighted by molar-refractivity contribution is 5.85. The van der Waals surface area contributed by atoms with Gasteiger partial charge in [0, 0.05) is 25.5 Å². The molecule has 0 amide bonds. The minimum Gasteiger partial charge on any atom is -0.494 e. The first-order valence-corrected chi connectivity index (χ1v) is 6.20. The molecule has 1 aromatic heterocycles. The van der Waals surface area contributed by atoms with Crippen molar-refractivity contribution in [3.8, 4) is 5.75 Å². The van der Waals surface area contributed by atoms with Crippen molar-refractivity contribution in [2.45, 2.75) is 20.0 Å². The number of rotatable bonds is 6. The lowest BCUT2D eigenvalue weighted by atomic mass is 10.2. The first-order chi connectivity index (χ1) is 8.88. The van der Waals surface area contributed by atoms with Gasteiger partial charge in [0.05, 0.1) is 6.61 Å². The van der Waals surface area contributed by atoms with Crippen LogP contribution >= 0.6 is 24.8 Å². The average Bonchev–Trinajstić information content (AvgIpc) is 2.42. The quantitative estimate of drug-likeness (QED) is 0.884. The Bertz CT molecular complexity index is 463. The Kier molecular flexibility index (Phi) is 9.82. The summed E-state index contributed by atoms with van der Waals surface area (Å²) in [5, 5.41) is 3.40. The van der Waals surface area contributed by atoms with Crippen LogP contribution in [0.15, 0.2) is 48.8 Å². The van der Waals surface area contributed by atoms with Crippen LogP contribution in [0.25, 0.3) is 0 Å². The molecular formula is C15H20Cl2N2O. The molecule has 1 aromatic carbocycles. The molecule has 0 aliphatic carbocycles. The topological polar surface area (TPSA) is 34.1 Å². The van der Waals surface area contributed by atoms with E-state index in [1.54, 1.807) is 0 Å². The molecular weight excluding hydrogens is 295 g/mol. The first-order valence-electron chi connectivity index (χ1n) is 6.20. The standard InChI is InChI=1S/C15H18N2O.2ClH/c1-2-18-15-5-3-13(4-6-15)11-17-12-14-7-9-16-10-8-14;;/h3-10,17H,2,11-12H2,1H3;2*1H. The zero-order valence-electron chi connectivity index (χ0n) is 11.4. The molecule has 3 nitrogen and oxygen atoms in total. The monoisotopic (exact) mass is 314 g/mol. The van der Waals surface area contributed by atoms with Crippen molar-refractivity contribution in [3.63, 3.8) is 0 Å². The van der Waals surface area contributed by atoms with Gasteiger partial charge in [-0.2, -0.15) is 0 Å². The fourth-order valence-electron chi connectivity index (χ4n) is 1.72. The van der Waals surface area contributed by atoms with Gasteiger partial charge in [-0.15, -0.1) is 24.8 Å². The molecule has 0 atom stereocenters. The van der Waals surface area contributed by atoms with E-state index in [4.69, 9.17) is 4.74 Å². The van der Waals surface area contributed by atoms with E-state index in [1.807, 2.05) is 43.6 Å². The average molecular weight is 315 g/mol. The Balaban J connectivity index is 0.00000180. The second kappa shape index (κ2) is 10.5. The summed E-state index contributed by atoms with van der Waals surface area (Å²) in [4.78, 5) is 4.00. The number of ether oxygens (including phenoxy) is 1. The van der Waals surface area contributed by atoms with Crippen LogP contribution < -0.4 is 10.1 Å². The molecule has 20 heavy (non-hydrogen) atoms. The van der Waals surface area contributed by atoms with E-state index in [-0.39, 0.29) is 24.8 Å². The fourth-order valence-corrected chi connectivity index (χ4v) is 1.72. The minimum absolute atomic E-state index is 0. The molecule has 0 fully saturated rings. The number of nitrogens with zero attached hydrogens (tertiary/aromatic N) is 1. The van der Waals surface area contributed by atoms with Crippen molar-refractivity contribution < 1.29 is 4.74 Å². The Morgan fingerprint density at radius 3 is 2.00 bits per heavy atom. The number of hydrogen-bond donors (Lipinski definition) is 1. The summed E-state index contributed by atoms with van der Waals surface area (Å²) in [6.07, 6.45) is 3.63. The molecule has 2 rings (SSSR count). The van der Waals surface area contributed by atoms with Crippen LogP contribution in [0.4, 0.5) is 0 Å². The number of pyridine rings is 1. The van der Waals surface area contributed by atoms with Crippen LogP contribution in [0, 0.1) is 0 Å². The molecule has 0 saturated heterocycles. The smallest absolute Gasteiger partial charge is 0.119 e. The van der Waals surface area contributed by atoms with E-state index in [0.29, 0.717) is 6.61 Å². The summed E-state index contributed by atoms with van der Waals surface area (Å²) in [6, 6.07) is 12.2. The number of nitrogens with one attached hydrogen (secondary N) is 1. The van der Waals surface area contributed by atoms with Crippen LogP contribution in [-0.4, -0.2) is 11.6 Å². The van der Waals surface area contributed by atoms with Crippen LogP contribution in [0.2, 0.25) is 0 Å². The van der Waals surface area contributed by atoms with Gasteiger partial charge in [-0.3, -0.25) is 4.98 Å². The van der Waals surface area contributed by atoms with Gasteiger partial charge in [-0.25, -0.2) is 0 Å². The third-order valence-electron chi connectivity index (χ3n) is 2.64. The molecule has 1 N–H and O–H groups in total. The van der Waals surface area contributed by atoms with Crippen LogP contribution in [0.1, 0.15) is 18.1 Å². The van der Waals surface area contributed by atoms with Crippen molar-refractivity contribution in [2.75, 3.05) is 6.61 Å². The van der Waals surface area contributed by atoms with Crippen LogP contribution in [0.3, 0.4) is 0 Å². The molecule has 0 aliphatic rings. The Morgan fingerprint density at radius 2 is 1.45 bits per heavy atom. The van der Waals surface area contributed by atoms with Crippen LogP contribution in [0.5, 0.6) is 5.75 Å². The minimum atomic E-state index is 0. The zero-order chi connectivity index (χ0) is 12.6. The van der Waals surface area contributed by atoms with Gasteiger partial charge in [0.1, 0.15) is 5.75 Å². The summed E-state index contributed by atoms with van der Waals surface area (Å²) in [5.74, 6) is 0.926. The van der Waals surface area contributed by atoms with Crippen molar-refractivity contribution in [1.82, 2.24) is 10.3 Å². The summed E-state index contributed by atoms with van der Waals surface area (Å²) in [6.45, 7) is 4.41.